The molecule has 0 saturated heterocycles. The first-order chi connectivity index (χ1) is 35.3. The van der Waals surface area contributed by atoms with E-state index in [1.807, 2.05) is 27.7 Å². The lowest BCUT2D eigenvalue weighted by Crippen LogP contribution is -2.38. The van der Waals surface area contributed by atoms with Gasteiger partial charge in [0.2, 0.25) is 0 Å². The van der Waals surface area contributed by atoms with E-state index in [4.69, 9.17) is 33.2 Å². The number of esters is 6. The highest BCUT2D eigenvalue weighted by molar-refractivity contribution is 5.74. The second-order valence-corrected chi connectivity index (χ2v) is 24.0. The molecular weight excluding hydrogens is 947 g/mol. The van der Waals surface area contributed by atoms with Gasteiger partial charge in [0, 0.05) is 25.9 Å². The fourth-order valence-corrected chi connectivity index (χ4v) is 11.5. The van der Waals surface area contributed by atoms with Gasteiger partial charge in [0.05, 0.1) is 23.7 Å². The van der Waals surface area contributed by atoms with Crippen LogP contribution in [0, 0.1) is 47.3 Å². The molecule has 0 N–H and O–H groups in total. The summed E-state index contributed by atoms with van der Waals surface area (Å²) in [6.45, 7) is 11.9. The fraction of sp³-hybridized carbons (Fsp3) is 0.881. The lowest BCUT2D eigenvalue weighted by molar-refractivity contribution is -0.169. The van der Waals surface area contributed by atoms with Crippen LogP contribution in [-0.4, -0.2) is 104 Å². The van der Waals surface area contributed by atoms with Crippen molar-refractivity contribution >= 4 is 41.9 Å². The topological polar surface area (TPSA) is 187 Å². The summed E-state index contributed by atoms with van der Waals surface area (Å²) < 4.78 is 40.0. The Labute approximate surface area is 445 Å². The minimum absolute atomic E-state index is 0.0949. The van der Waals surface area contributed by atoms with Gasteiger partial charge in [-0.05, 0) is 83.0 Å². The Kier molecular flexibility index (Phi) is 28.8. The summed E-state index contributed by atoms with van der Waals surface area (Å²) in [5.74, 6) is -2.10. The Morgan fingerprint density at radius 3 is 0.919 bits per heavy atom. The highest BCUT2D eigenvalue weighted by Gasteiger charge is 2.30. The predicted octanol–water partition coefficient (Wildman–Crippen LogP) is 12.2. The molecule has 4 fully saturated rings. The second kappa shape index (κ2) is 34.0. The summed E-state index contributed by atoms with van der Waals surface area (Å²) in [6.07, 6.45) is 23.5. The molecule has 4 aliphatic carbocycles. The molecular formula is C59H99NO14. The molecule has 15 nitrogen and oxygen atoms in total. The summed E-state index contributed by atoms with van der Waals surface area (Å²) in [5, 5.41) is 0. The molecule has 0 heterocycles. The summed E-state index contributed by atoms with van der Waals surface area (Å²) >= 11 is 0. The van der Waals surface area contributed by atoms with Crippen LogP contribution in [0.3, 0.4) is 0 Å². The minimum Gasteiger partial charge on any atom is -0.461 e. The van der Waals surface area contributed by atoms with Crippen molar-refractivity contribution in [1.29, 1.82) is 0 Å². The van der Waals surface area contributed by atoms with Gasteiger partial charge < -0.3 is 38.1 Å². The molecule has 4 unspecified atom stereocenters. The average Bonchev–Trinajstić information content (AvgIpc) is 3.37. The molecule has 0 radical (unpaired) electrons. The van der Waals surface area contributed by atoms with Crippen LogP contribution in [0.1, 0.15) is 228 Å². The van der Waals surface area contributed by atoms with Crippen LogP contribution in [0.15, 0.2) is 0 Å². The van der Waals surface area contributed by atoms with Crippen molar-refractivity contribution in [3.8, 4) is 0 Å². The van der Waals surface area contributed by atoms with Crippen molar-refractivity contribution < 1.29 is 66.7 Å². The predicted molar refractivity (Wildman–Crippen MR) is 281 cm³/mol. The number of hydrogen-bond acceptors (Lipinski definition) is 14. The van der Waals surface area contributed by atoms with E-state index >= 15 is 0 Å². The van der Waals surface area contributed by atoms with Crippen LogP contribution in [-0.2, 0) is 61.9 Å². The quantitative estimate of drug-likeness (QED) is 0.0488. The van der Waals surface area contributed by atoms with Gasteiger partial charge in [0.15, 0.2) is 12.2 Å². The molecule has 0 aromatic heterocycles. The van der Waals surface area contributed by atoms with E-state index in [9.17, 15) is 33.6 Å². The third-order valence-electron chi connectivity index (χ3n) is 15.8. The Morgan fingerprint density at radius 1 is 0.419 bits per heavy atom. The standard InChI is InChI=1S/C59H99NO14/c1-42(34-46-22-12-8-13-23-46)54(63)68-38-50(39-69-55(64)43(2)35-47-24-14-9-15-25-47)72-52(61)30-20-32-60(58(67)74-59(5,6)7)33-21-31-53(62)73-51(40-70-56(65)44(3)36-48-26-16-10-17-27-48)41-71-57(66)45(4)37-49-28-18-11-19-29-49/h42-51H,8-41H2,1-7H3/t42-,43?,44?,45?,50?,51?/m0/s1. The van der Waals surface area contributed by atoms with Crippen molar-refractivity contribution in [2.75, 3.05) is 39.5 Å². The number of amides is 1. The number of carbonyl (C=O) groups excluding carboxylic acids is 7. The number of ether oxygens (including phenoxy) is 7. The van der Waals surface area contributed by atoms with Crippen LogP contribution < -0.4 is 0 Å². The molecule has 0 bridgehead atoms. The average molecular weight is 1050 g/mol. The van der Waals surface area contributed by atoms with E-state index in [1.54, 1.807) is 20.8 Å². The Balaban J connectivity index is 1.31. The third-order valence-corrected chi connectivity index (χ3v) is 15.8. The van der Waals surface area contributed by atoms with Gasteiger partial charge in [-0.15, -0.1) is 0 Å². The zero-order valence-corrected chi connectivity index (χ0v) is 47.0. The number of nitrogens with zero attached hydrogens (tertiary/aromatic N) is 1. The largest absolute Gasteiger partial charge is 0.461 e. The van der Waals surface area contributed by atoms with E-state index in [2.05, 4.69) is 0 Å². The van der Waals surface area contributed by atoms with E-state index in [0.29, 0.717) is 23.7 Å². The Hall–Kier alpha value is -3.91. The van der Waals surface area contributed by atoms with Crippen LogP contribution in [0.25, 0.3) is 0 Å². The van der Waals surface area contributed by atoms with Crippen LogP contribution in [0.5, 0.6) is 0 Å². The second-order valence-electron chi connectivity index (χ2n) is 24.0. The van der Waals surface area contributed by atoms with E-state index in [1.165, 1.54) is 81.9 Å². The third kappa shape index (κ3) is 25.8. The lowest BCUT2D eigenvalue weighted by atomic mass is 9.83. The van der Waals surface area contributed by atoms with Crippen molar-refractivity contribution in [3.63, 3.8) is 0 Å². The molecule has 0 spiro atoms. The molecule has 424 valence electrons. The first-order valence-corrected chi connectivity index (χ1v) is 29.4. The molecule has 5 atom stereocenters. The minimum atomic E-state index is -1.02. The first-order valence-electron chi connectivity index (χ1n) is 29.4. The maximum absolute atomic E-state index is 13.5. The maximum atomic E-state index is 13.5. The molecule has 4 aliphatic rings. The summed E-state index contributed by atoms with van der Waals surface area (Å²) in [5.41, 5.74) is -0.818. The van der Waals surface area contributed by atoms with Crippen LogP contribution in [0.4, 0.5) is 4.79 Å². The van der Waals surface area contributed by atoms with Gasteiger partial charge >= 0.3 is 41.9 Å². The number of hydrogen-bond donors (Lipinski definition) is 0. The van der Waals surface area contributed by atoms with E-state index in [0.717, 1.165) is 77.0 Å². The lowest BCUT2D eigenvalue weighted by Gasteiger charge is -2.27. The summed E-state index contributed by atoms with van der Waals surface area (Å²) in [4.78, 5) is 94.3. The van der Waals surface area contributed by atoms with E-state index in [-0.39, 0.29) is 113 Å². The molecule has 0 aromatic rings. The SMILES string of the molecule is CC(CC1CCCCC1)C(=O)OCC(COC(=O)C(C)CC1CCCCC1)OC(=O)CCCN(CCCC(=O)OC(COC(=O)C(C)CC1CCCCC1)COC(=O)[C@@H](C)CC1CCCCC1)C(=O)OC(C)(C)C. The van der Waals surface area contributed by atoms with Crippen LogP contribution in [0.2, 0.25) is 0 Å². The molecule has 1 amide bonds. The first kappa shape index (κ1) is 62.6. The highest BCUT2D eigenvalue weighted by atomic mass is 16.6. The molecule has 0 aliphatic heterocycles. The summed E-state index contributed by atoms with van der Waals surface area (Å²) in [6, 6.07) is 0. The van der Waals surface area contributed by atoms with Gasteiger partial charge in [-0.3, -0.25) is 28.8 Å². The Morgan fingerprint density at radius 2 is 0.676 bits per heavy atom. The molecule has 4 rings (SSSR count). The molecule has 15 heteroatoms. The number of carbonyl (C=O) groups is 7. The molecule has 0 aromatic carbocycles. The van der Waals surface area contributed by atoms with E-state index < -0.39 is 35.8 Å². The van der Waals surface area contributed by atoms with Gasteiger partial charge in [-0.2, -0.15) is 0 Å². The van der Waals surface area contributed by atoms with Gasteiger partial charge in [-0.1, -0.05) is 156 Å². The van der Waals surface area contributed by atoms with Crippen molar-refractivity contribution in [2.45, 2.75) is 246 Å². The van der Waals surface area contributed by atoms with Gasteiger partial charge in [-0.25, -0.2) is 4.79 Å². The monoisotopic (exact) mass is 1050 g/mol. The summed E-state index contributed by atoms with van der Waals surface area (Å²) in [7, 11) is 0. The highest BCUT2D eigenvalue weighted by Crippen LogP contribution is 2.33. The van der Waals surface area contributed by atoms with Crippen LogP contribution >= 0.6 is 0 Å². The van der Waals surface area contributed by atoms with Gasteiger partial charge in [0.25, 0.3) is 0 Å². The maximum Gasteiger partial charge on any atom is 0.410 e. The smallest absolute Gasteiger partial charge is 0.410 e. The number of rotatable bonds is 30. The zero-order valence-electron chi connectivity index (χ0n) is 47.0. The normalized spacial score (nSPS) is 19.9. The van der Waals surface area contributed by atoms with Crippen molar-refractivity contribution in [1.82, 2.24) is 4.90 Å². The van der Waals surface area contributed by atoms with Gasteiger partial charge in [0.1, 0.15) is 32.0 Å². The molecule has 4 saturated carbocycles. The fourth-order valence-electron chi connectivity index (χ4n) is 11.5. The van der Waals surface area contributed by atoms with Crippen molar-refractivity contribution in [3.05, 3.63) is 0 Å². The zero-order chi connectivity index (χ0) is 53.9. The Bertz CT molecular complexity index is 1500. The van der Waals surface area contributed by atoms with Crippen molar-refractivity contribution in [2.24, 2.45) is 47.3 Å². The molecule has 74 heavy (non-hydrogen) atoms.